The van der Waals surface area contributed by atoms with Crippen LogP contribution < -0.4 is 10.6 Å². The summed E-state index contributed by atoms with van der Waals surface area (Å²) >= 11 is 0. The summed E-state index contributed by atoms with van der Waals surface area (Å²) in [6.07, 6.45) is 5.74. The number of likely N-dealkylation sites (N-methyl/N-ethyl adjacent to an activating group) is 2. The minimum Gasteiger partial charge on any atom is -0.496 e. The van der Waals surface area contributed by atoms with E-state index in [0.29, 0.717) is 30.7 Å². The van der Waals surface area contributed by atoms with Crippen LogP contribution in [-0.4, -0.2) is 56.3 Å². The van der Waals surface area contributed by atoms with Crippen LogP contribution in [0.4, 0.5) is 14.5 Å². The van der Waals surface area contributed by atoms with E-state index in [1.54, 1.807) is 36.3 Å². The standard InChI is InChI=1S/C24H32F2N4O3.C2H6/c1-6-8-15(2)14-33-22-12-21(32-5)16(13-27-22)19-11-20(30(4)29(19)3)24(31)28-23-17(25)9-7-10-18(23)26;1-2/h7,9-12,15,20,27H,6,8,13-14H2,1-5H3,(H,28,31);1-2H3. The highest BCUT2D eigenvalue weighted by molar-refractivity contribution is 5.96. The fourth-order valence-corrected chi connectivity index (χ4v) is 3.90. The number of para-hydroxylation sites is 1. The lowest BCUT2D eigenvalue weighted by molar-refractivity contribution is -0.122. The molecule has 2 aliphatic rings. The first kappa shape index (κ1) is 28.2. The van der Waals surface area contributed by atoms with Crippen LogP contribution in [0, 0.1) is 17.6 Å². The number of halogens is 2. The number of ether oxygens (including phenoxy) is 2. The van der Waals surface area contributed by atoms with Gasteiger partial charge in [-0.25, -0.2) is 13.8 Å². The van der Waals surface area contributed by atoms with Gasteiger partial charge in [0.25, 0.3) is 0 Å². The topological polar surface area (TPSA) is 66.1 Å². The van der Waals surface area contributed by atoms with E-state index in [2.05, 4.69) is 24.5 Å². The molecule has 0 bridgehead atoms. The number of hydrogen-bond acceptors (Lipinski definition) is 6. The number of dihydropyridines is 1. The van der Waals surface area contributed by atoms with E-state index < -0.39 is 29.3 Å². The smallest absolute Gasteiger partial charge is 0.247 e. The Hall–Kier alpha value is -3.07. The second-order valence-corrected chi connectivity index (χ2v) is 8.29. The third kappa shape index (κ3) is 6.75. The van der Waals surface area contributed by atoms with E-state index in [0.717, 1.165) is 36.2 Å². The molecule has 0 saturated heterocycles. The predicted octanol–water partition coefficient (Wildman–Crippen LogP) is 4.77. The summed E-state index contributed by atoms with van der Waals surface area (Å²) < 4.78 is 39.5. The lowest BCUT2D eigenvalue weighted by Crippen LogP contribution is -2.43. The van der Waals surface area contributed by atoms with Crippen molar-refractivity contribution < 1.29 is 23.0 Å². The monoisotopic (exact) mass is 492 g/mol. The average Bonchev–Trinajstić information content (AvgIpc) is 3.15. The number of hydrazine groups is 1. The van der Waals surface area contributed by atoms with Crippen molar-refractivity contribution >= 4 is 11.6 Å². The first-order valence-electron chi connectivity index (χ1n) is 12.1. The van der Waals surface area contributed by atoms with Crippen molar-refractivity contribution in [3.63, 3.8) is 0 Å². The van der Waals surface area contributed by atoms with E-state index in [-0.39, 0.29) is 0 Å². The van der Waals surface area contributed by atoms with Gasteiger partial charge in [-0.3, -0.25) is 4.79 Å². The van der Waals surface area contributed by atoms with Gasteiger partial charge in [0.2, 0.25) is 5.91 Å². The van der Waals surface area contributed by atoms with Crippen LogP contribution in [-0.2, 0) is 14.3 Å². The van der Waals surface area contributed by atoms with Gasteiger partial charge in [0.15, 0.2) is 5.88 Å². The molecule has 7 nitrogen and oxygen atoms in total. The van der Waals surface area contributed by atoms with Crippen molar-refractivity contribution in [1.29, 1.82) is 0 Å². The molecule has 9 heteroatoms. The van der Waals surface area contributed by atoms with Crippen LogP contribution in [0.1, 0.15) is 40.5 Å². The number of anilines is 1. The van der Waals surface area contributed by atoms with Gasteiger partial charge in [0.05, 0.1) is 19.4 Å². The molecule has 1 aromatic carbocycles. The number of carbonyl (C=O) groups excluding carboxylic acids is 1. The minimum absolute atomic E-state index is 0.442. The van der Waals surface area contributed by atoms with Gasteiger partial charge in [0.1, 0.15) is 29.1 Å². The quantitative estimate of drug-likeness (QED) is 0.518. The van der Waals surface area contributed by atoms with Crippen LogP contribution in [0.2, 0.25) is 0 Å². The fraction of sp³-hybridized carbons (Fsp3) is 0.500. The Morgan fingerprint density at radius 2 is 1.91 bits per heavy atom. The molecule has 2 N–H and O–H groups in total. The molecule has 2 heterocycles. The van der Waals surface area contributed by atoms with Crippen LogP contribution >= 0.6 is 0 Å². The molecule has 2 atom stereocenters. The molecular weight excluding hydrogens is 454 g/mol. The SMILES string of the molecule is CC.CCCC(C)COC1=CC(OC)=C(C2=CC(C(=O)Nc3c(F)cccc3F)N(C)N2C)CN1. The Morgan fingerprint density at radius 1 is 1.26 bits per heavy atom. The highest BCUT2D eigenvalue weighted by Crippen LogP contribution is 2.30. The molecule has 2 unspecified atom stereocenters. The van der Waals surface area contributed by atoms with E-state index in [9.17, 15) is 13.6 Å². The Morgan fingerprint density at radius 3 is 2.51 bits per heavy atom. The molecule has 3 rings (SSSR count). The number of benzene rings is 1. The number of nitrogens with zero attached hydrogens (tertiary/aromatic N) is 2. The third-order valence-electron chi connectivity index (χ3n) is 5.85. The summed E-state index contributed by atoms with van der Waals surface area (Å²) in [7, 11) is 5.12. The van der Waals surface area contributed by atoms with Crippen LogP contribution in [0.3, 0.4) is 0 Å². The lowest BCUT2D eigenvalue weighted by Gasteiger charge is -2.31. The van der Waals surface area contributed by atoms with Crippen molar-refractivity contribution in [2.24, 2.45) is 5.92 Å². The van der Waals surface area contributed by atoms with Gasteiger partial charge in [-0.05, 0) is 30.5 Å². The first-order valence-corrected chi connectivity index (χ1v) is 12.1. The molecule has 1 aromatic rings. The van der Waals surface area contributed by atoms with Gasteiger partial charge in [0, 0.05) is 32.3 Å². The minimum atomic E-state index is -0.826. The number of hydrogen-bond donors (Lipinski definition) is 2. The van der Waals surface area contributed by atoms with E-state index >= 15 is 0 Å². The number of methoxy groups -OCH3 is 1. The molecule has 0 aliphatic carbocycles. The first-order chi connectivity index (χ1) is 16.8. The molecule has 2 aliphatic heterocycles. The maximum Gasteiger partial charge on any atom is 0.247 e. The van der Waals surface area contributed by atoms with E-state index in [1.807, 2.05) is 20.9 Å². The number of carbonyl (C=O) groups is 1. The van der Waals surface area contributed by atoms with E-state index in [1.165, 1.54) is 6.07 Å². The zero-order valence-electron chi connectivity index (χ0n) is 21.7. The van der Waals surface area contributed by atoms with Crippen LogP contribution in [0.15, 0.2) is 53.3 Å². The number of allylic oxidation sites excluding steroid dienone is 1. The Kier molecular flexibility index (Phi) is 10.6. The van der Waals surface area contributed by atoms with Crippen LogP contribution in [0.25, 0.3) is 0 Å². The molecular formula is C26H38F2N4O3. The summed E-state index contributed by atoms with van der Waals surface area (Å²) in [5.74, 6) is -0.486. The fourth-order valence-electron chi connectivity index (χ4n) is 3.90. The molecule has 0 fully saturated rings. The maximum atomic E-state index is 14.0. The average molecular weight is 493 g/mol. The predicted molar refractivity (Wildman–Crippen MR) is 134 cm³/mol. The van der Waals surface area contributed by atoms with Gasteiger partial charge in [-0.1, -0.05) is 40.2 Å². The van der Waals surface area contributed by atoms with Crippen molar-refractivity contribution in [3.8, 4) is 0 Å². The van der Waals surface area contributed by atoms with Gasteiger partial charge < -0.3 is 25.1 Å². The maximum absolute atomic E-state index is 14.0. The third-order valence-corrected chi connectivity index (χ3v) is 5.85. The second kappa shape index (κ2) is 13.1. The Balaban J connectivity index is 0.00000210. The summed E-state index contributed by atoms with van der Waals surface area (Å²) in [6.45, 7) is 9.35. The zero-order valence-corrected chi connectivity index (χ0v) is 21.7. The van der Waals surface area contributed by atoms with Crippen molar-refractivity contribution in [2.45, 2.75) is 46.6 Å². The number of rotatable bonds is 9. The van der Waals surface area contributed by atoms with E-state index in [4.69, 9.17) is 9.47 Å². The van der Waals surface area contributed by atoms with Crippen molar-refractivity contribution in [3.05, 3.63) is 64.9 Å². The van der Waals surface area contributed by atoms with Crippen molar-refractivity contribution in [1.82, 2.24) is 15.3 Å². The summed E-state index contributed by atoms with van der Waals surface area (Å²) in [5.41, 5.74) is 1.14. The molecule has 0 radical (unpaired) electrons. The highest BCUT2D eigenvalue weighted by atomic mass is 19.1. The molecule has 0 saturated carbocycles. The van der Waals surface area contributed by atoms with Crippen LogP contribution in [0.5, 0.6) is 0 Å². The molecule has 0 aromatic heterocycles. The highest BCUT2D eigenvalue weighted by Gasteiger charge is 2.35. The zero-order chi connectivity index (χ0) is 26.1. The number of nitrogens with one attached hydrogen (secondary N) is 2. The number of amides is 1. The summed E-state index contributed by atoms with van der Waals surface area (Å²) in [4.78, 5) is 12.9. The molecule has 35 heavy (non-hydrogen) atoms. The second-order valence-electron chi connectivity index (χ2n) is 8.29. The lowest BCUT2D eigenvalue weighted by atomic mass is 10.1. The Labute approximate surface area is 207 Å². The van der Waals surface area contributed by atoms with Gasteiger partial charge >= 0.3 is 0 Å². The molecule has 0 spiro atoms. The largest absolute Gasteiger partial charge is 0.496 e. The summed E-state index contributed by atoms with van der Waals surface area (Å²) in [5, 5.41) is 9.12. The van der Waals surface area contributed by atoms with Gasteiger partial charge in [-0.15, -0.1) is 0 Å². The van der Waals surface area contributed by atoms with Crippen molar-refractivity contribution in [2.75, 3.05) is 39.7 Å². The summed E-state index contributed by atoms with van der Waals surface area (Å²) in [6, 6.07) is 2.69. The Bertz CT molecular complexity index is 957. The molecule has 1 amide bonds. The van der Waals surface area contributed by atoms with Gasteiger partial charge in [-0.2, -0.15) is 0 Å². The normalized spacial score (nSPS) is 18.7. The molecule has 194 valence electrons.